The first-order valence-corrected chi connectivity index (χ1v) is 7.57. The predicted octanol–water partition coefficient (Wildman–Crippen LogP) is 3.14. The maximum absolute atomic E-state index is 7.84. The number of benzene rings is 1. The zero-order valence-electron chi connectivity index (χ0n) is 12.6. The van der Waals surface area contributed by atoms with E-state index < -0.39 is 0 Å². The molecule has 1 fully saturated rings. The number of nitrogens with zero attached hydrogens (tertiary/aromatic N) is 2. The molecule has 110 valence electrons. The molecule has 0 aliphatic carbocycles. The second-order valence-corrected chi connectivity index (χ2v) is 6.13. The highest BCUT2D eigenvalue weighted by atomic mass is 15.2. The predicted molar refractivity (Wildman–Crippen MR) is 88.0 cm³/mol. The SMILES string of the molecule is CC1CCN(c2cc(C(=N)N)c3ccccc3n2)C(C)C1. The first-order chi connectivity index (χ1) is 10.1. The lowest BCUT2D eigenvalue weighted by Gasteiger charge is -2.37. The Morgan fingerprint density at radius 3 is 2.81 bits per heavy atom. The zero-order chi connectivity index (χ0) is 15.0. The molecule has 1 aliphatic heterocycles. The summed E-state index contributed by atoms with van der Waals surface area (Å²) in [7, 11) is 0. The number of nitrogens with two attached hydrogens (primary N) is 1. The smallest absolute Gasteiger partial charge is 0.130 e. The zero-order valence-corrected chi connectivity index (χ0v) is 12.6. The second kappa shape index (κ2) is 5.35. The van der Waals surface area contributed by atoms with Crippen LogP contribution in [0, 0.1) is 11.3 Å². The minimum absolute atomic E-state index is 0.105. The Bertz CT molecular complexity index is 680. The van der Waals surface area contributed by atoms with Crippen LogP contribution in [-0.4, -0.2) is 23.4 Å². The van der Waals surface area contributed by atoms with Gasteiger partial charge < -0.3 is 10.6 Å². The van der Waals surface area contributed by atoms with Crippen LogP contribution < -0.4 is 10.6 Å². The first-order valence-electron chi connectivity index (χ1n) is 7.57. The van der Waals surface area contributed by atoms with Crippen LogP contribution >= 0.6 is 0 Å². The molecule has 0 spiro atoms. The number of rotatable bonds is 2. The molecule has 1 saturated heterocycles. The van der Waals surface area contributed by atoms with Gasteiger partial charge in [0.2, 0.25) is 0 Å². The molecular formula is C17H22N4. The Balaban J connectivity index is 2.09. The summed E-state index contributed by atoms with van der Waals surface area (Å²) in [5, 5.41) is 8.79. The molecule has 4 heteroatoms. The summed E-state index contributed by atoms with van der Waals surface area (Å²) in [5.41, 5.74) is 7.46. The largest absolute Gasteiger partial charge is 0.384 e. The van der Waals surface area contributed by atoms with Gasteiger partial charge in [-0.3, -0.25) is 5.41 Å². The van der Waals surface area contributed by atoms with Crippen molar-refractivity contribution in [3.05, 3.63) is 35.9 Å². The van der Waals surface area contributed by atoms with E-state index in [1.807, 2.05) is 30.3 Å². The molecule has 0 radical (unpaired) electrons. The maximum Gasteiger partial charge on any atom is 0.130 e. The van der Waals surface area contributed by atoms with Crippen LogP contribution in [0.2, 0.25) is 0 Å². The third-order valence-electron chi connectivity index (χ3n) is 4.43. The van der Waals surface area contributed by atoms with Crippen molar-refractivity contribution in [3.63, 3.8) is 0 Å². The summed E-state index contributed by atoms with van der Waals surface area (Å²) in [4.78, 5) is 7.14. The number of pyridine rings is 1. The molecular weight excluding hydrogens is 260 g/mol. The molecule has 0 saturated carbocycles. The summed E-state index contributed by atoms with van der Waals surface area (Å²) in [6.07, 6.45) is 2.37. The first kappa shape index (κ1) is 13.9. The Kier molecular flexibility index (Phi) is 3.53. The number of hydrogen-bond donors (Lipinski definition) is 2. The van der Waals surface area contributed by atoms with Gasteiger partial charge in [-0.2, -0.15) is 0 Å². The summed E-state index contributed by atoms with van der Waals surface area (Å²) in [6, 6.07) is 10.3. The van der Waals surface area contributed by atoms with Crippen LogP contribution in [-0.2, 0) is 0 Å². The number of hydrogen-bond acceptors (Lipinski definition) is 3. The normalized spacial score (nSPS) is 22.5. The van der Waals surface area contributed by atoms with Crippen LogP contribution in [0.5, 0.6) is 0 Å². The highest BCUT2D eigenvalue weighted by molar-refractivity contribution is 6.07. The van der Waals surface area contributed by atoms with Gasteiger partial charge in [0, 0.05) is 23.5 Å². The molecule has 4 nitrogen and oxygen atoms in total. The molecule has 3 rings (SSSR count). The van der Waals surface area contributed by atoms with E-state index in [-0.39, 0.29) is 5.84 Å². The van der Waals surface area contributed by atoms with E-state index >= 15 is 0 Å². The van der Waals surface area contributed by atoms with Gasteiger partial charge in [0.25, 0.3) is 0 Å². The van der Waals surface area contributed by atoms with Crippen molar-refractivity contribution < 1.29 is 0 Å². The van der Waals surface area contributed by atoms with Crippen LogP contribution in [0.15, 0.2) is 30.3 Å². The summed E-state index contributed by atoms with van der Waals surface area (Å²) in [5.74, 6) is 1.81. The Morgan fingerprint density at radius 1 is 1.33 bits per heavy atom. The number of nitrogen functional groups attached to an aromatic ring is 1. The summed E-state index contributed by atoms with van der Waals surface area (Å²) >= 11 is 0. The number of piperidine rings is 1. The van der Waals surface area contributed by atoms with E-state index in [0.717, 1.165) is 34.7 Å². The maximum atomic E-state index is 7.84. The Morgan fingerprint density at radius 2 is 2.10 bits per heavy atom. The molecule has 0 amide bonds. The van der Waals surface area contributed by atoms with Crippen molar-refractivity contribution in [2.75, 3.05) is 11.4 Å². The molecule has 2 aromatic rings. The fourth-order valence-electron chi connectivity index (χ4n) is 3.28. The van der Waals surface area contributed by atoms with E-state index in [1.54, 1.807) is 0 Å². The second-order valence-electron chi connectivity index (χ2n) is 6.13. The van der Waals surface area contributed by atoms with Crippen LogP contribution in [0.3, 0.4) is 0 Å². The molecule has 2 unspecified atom stereocenters. The van der Waals surface area contributed by atoms with Crippen LogP contribution in [0.1, 0.15) is 32.3 Å². The monoisotopic (exact) mass is 282 g/mol. The van der Waals surface area contributed by atoms with Crippen LogP contribution in [0.25, 0.3) is 10.9 Å². The van der Waals surface area contributed by atoms with E-state index in [9.17, 15) is 0 Å². The third kappa shape index (κ3) is 2.58. The van der Waals surface area contributed by atoms with Gasteiger partial charge in [-0.1, -0.05) is 25.1 Å². The molecule has 1 aromatic heterocycles. The van der Waals surface area contributed by atoms with Gasteiger partial charge in [0.1, 0.15) is 11.7 Å². The number of para-hydroxylation sites is 1. The van der Waals surface area contributed by atoms with Crippen molar-refractivity contribution in [1.29, 1.82) is 5.41 Å². The van der Waals surface area contributed by atoms with Gasteiger partial charge in [-0.15, -0.1) is 0 Å². The number of aromatic nitrogens is 1. The van der Waals surface area contributed by atoms with E-state index in [0.29, 0.717) is 6.04 Å². The van der Waals surface area contributed by atoms with Crippen molar-refractivity contribution >= 4 is 22.6 Å². The topological polar surface area (TPSA) is 66.0 Å². The Hall–Kier alpha value is -2.10. The number of fused-ring (bicyclic) bond motifs is 1. The quantitative estimate of drug-likeness (QED) is 0.657. The molecule has 3 N–H and O–H groups in total. The molecule has 1 aliphatic rings. The number of anilines is 1. The van der Waals surface area contributed by atoms with Gasteiger partial charge in [0.15, 0.2) is 0 Å². The minimum atomic E-state index is 0.105. The molecule has 21 heavy (non-hydrogen) atoms. The lowest BCUT2D eigenvalue weighted by molar-refractivity contribution is 0.376. The fraction of sp³-hybridized carbons (Fsp3) is 0.412. The molecule has 2 atom stereocenters. The van der Waals surface area contributed by atoms with Gasteiger partial charge in [-0.25, -0.2) is 4.98 Å². The van der Waals surface area contributed by atoms with Crippen molar-refractivity contribution in [3.8, 4) is 0 Å². The van der Waals surface area contributed by atoms with Crippen LogP contribution in [0.4, 0.5) is 5.82 Å². The van der Waals surface area contributed by atoms with E-state index in [4.69, 9.17) is 16.1 Å². The summed E-state index contributed by atoms with van der Waals surface area (Å²) < 4.78 is 0. The van der Waals surface area contributed by atoms with Gasteiger partial charge in [-0.05, 0) is 37.8 Å². The fourth-order valence-corrected chi connectivity index (χ4v) is 3.28. The van der Waals surface area contributed by atoms with Gasteiger partial charge >= 0.3 is 0 Å². The van der Waals surface area contributed by atoms with Crippen molar-refractivity contribution in [2.45, 2.75) is 32.7 Å². The van der Waals surface area contributed by atoms with E-state index in [2.05, 4.69) is 18.7 Å². The average molecular weight is 282 g/mol. The number of amidine groups is 1. The highest BCUT2D eigenvalue weighted by Crippen LogP contribution is 2.29. The lowest BCUT2D eigenvalue weighted by atomic mass is 9.93. The van der Waals surface area contributed by atoms with Crippen molar-refractivity contribution in [2.24, 2.45) is 11.7 Å². The standard InChI is InChI=1S/C17H22N4/c1-11-7-8-21(12(2)9-11)16-10-14(17(18)19)13-5-3-4-6-15(13)20-16/h3-6,10-12H,7-9H2,1-2H3,(H3,18,19). The number of nitrogens with one attached hydrogen (secondary N) is 1. The van der Waals surface area contributed by atoms with Gasteiger partial charge in [0.05, 0.1) is 5.52 Å². The van der Waals surface area contributed by atoms with E-state index in [1.165, 1.54) is 12.8 Å². The highest BCUT2D eigenvalue weighted by Gasteiger charge is 2.24. The molecule has 0 bridgehead atoms. The Labute approximate surface area is 125 Å². The summed E-state index contributed by atoms with van der Waals surface area (Å²) in [6.45, 7) is 5.58. The molecule has 2 heterocycles. The lowest BCUT2D eigenvalue weighted by Crippen LogP contribution is -2.40. The average Bonchev–Trinajstić information content (AvgIpc) is 2.46. The molecule has 1 aromatic carbocycles. The minimum Gasteiger partial charge on any atom is -0.384 e. The third-order valence-corrected chi connectivity index (χ3v) is 4.43. The van der Waals surface area contributed by atoms with Crippen molar-refractivity contribution in [1.82, 2.24) is 4.98 Å².